The third kappa shape index (κ3) is 3.47. The summed E-state index contributed by atoms with van der Waals surface area (Å²) in [7, 11) is -3.32. The van der Waals surface area contributed by atoms with Crippen LogP contribution in [0.4, 0.5) is 11.4 Å². The van der Waals surface area contributed by atoms with E-state index in [1.807, 2.05) is 0 Å². The molecule has 0 heterocycles. The number of nitrogens with zero attached hydrogens (tertiary/aromatic N) is 2. The molecule has 1 aromatic carbocycles. The van der Waals surface area contributed by atoms with E-state index in [0.717, 1.165) is 23.6 Å². The lowest BCUT2D eigenvalue weighted by Gasteiger charge is -2.59. The predicted molar refractivity (Wildman–Crippen MR) is 124 cm³/mol. The number of thiol groups is 1. The van der Waals surface area contributed by atoms with E-state index in [1.54, 1.807) is 0 Å². The number of nitro groups is 1. The smallest absolute Gasteiger partial charge is 0.293 e. The molecule has 34 heavy (non-hydrogen) atoms. The van der Waals surface area contributed by atoms with E-state index in [-0.39, 0.29) is 35.2 Å². The highest BCUT2D eigenvalue weighted by Gasteiger charge is 2.59. The number of rotatable bonds is 7. The molecule has 2 unspecified atom stereocenters. The number of primary amides is 1. The van der Waals surface area contributed by atoms with Gasteiger partial charge in [-0.15, -0.1) is 0 Å². The lowest BCUT2D eigenvalue weighted by Crippen LogP contribution is -2.65. The first-order valence-electron chi connectivity index (χ1n) is 12.0. The lowest BCUT2D eigenvalue weighted by molar-refractivity contribution is -0.384. The number of para-hydroxylation sites is 2. The van der Waals surface area contributed by atoms with Gasteiger partial charge >= 0.3 is 0 Å². The summed E-state index contributed by atoms with van der Waals surface area (Å²) in [5.41, 5.74) is 3.45. The van der Waals surface area contributed by atoms with Crippen LogP contribution in [0.3, 0.4) is 0 Å². The number of benzene rings is 1. The Hall–Kier alpha value is -2.69. The molecular weight excluding hydrogens is 460 g/mol. The van der Waals surface area contributed by atoms with Gasteiger partial charge in [0.15, 0.2) is 0 Å². The summed E-state index contributed by atoms with van der Waals surface area (Å²) < 4.78 is 26.0. The van der Waals surface area contributed by atoms with Gasteiger partial charge in [0.1, 0.15) is 11.2 Å². The molecule has 10 nitrogen and oxygen atoms in total. The normalized spacial score (nSPS) is 33.1. The van der Waals surface area contributed by atoms with Gasteiger partial charge in [0, 0.05) is 17.5 Å². The zero-order valence-corrected chi connectivity index (χ0v) is 19.7. The van der Waals surface area contributed by atoms with Gasteiger partial charge in [-0.05, 0) is 68.8 Å². The Labute approximate surface area is 199 Å². The maximum Gasteiger partial charge on any atom is 0.293 e. The van der Waals surface area contributed by atoms with E-state index >= 15 is 0 Å². The molecule has 5 saturated carbocycles. The molecule has 2 atom stereocenters. The second-order valence-corrected chi connectivity index (χ2v) is 11.5. The number of carbonyl (C=O) groups excluding carboxylic acids is 2. The fourth-order valence-electron chi connectivity index (χ4n) is 7.61. The number of carbonyl (C=O) groups is 2. The maximum atomic E-state index is 13.9. The van der Waals surface area contributed by atoms with Crippen molar-refractivity contribution in [3.63, 3.8) is 0 Å². The molecule has 184 valence electrons. The fraction of sp³-hybridized carbons (Fsp3) is 0.652. The van der Waals surface area contributed by atoms with Crippen molar-refractivity contribution < 1.29 is 22.9 Å². The van der Waals surface area contributed by atoms with E-state index in [1.165, 1.54) is 24.3 Å². The molecule has 0 saturated heterocycles. The third-order valence-electron chi connectivity index (χ3n) is 8.82. The topological polar surface area (TPSA) is 153 Å². The van der Waals surface area contributed by atoms with Gasteiger partial charge in [0.05, 0.1) is 4.92 Å². The molecule has 0 radical (unpaired) electrons. The fourth-order valence-corrected chi connectivity index (χ4v) is 8.56. The van der Waals surface area contributed by atoms with E-state index in [2.05, 4.69) is 5.32 Å². The first-order valence-corrected chi connectivity index (χ1v) is 13.1. The van der Waals surface area contributed by atoms with Crippen LogP contribution < -0.4 is 15.4 Å². The van der Waals surface area contributed by atoms with E-state index in [9.17, 15) is 28.1 Å². The number of amides is 2. The van der Waals surface area contributed by atoms with Crippen molar-refractivity contribution in [1.29, 1.82) is 0 Å². The first-order chi connectivity index (χ1) is 16.2. The van der Waals surface area contributed by atoms with Gasteiger partial charge in [-0.3, -0.25) is 19.7 Å². The molecule has 1 aromatic rings. The number of hydrogen-bond acceptors (Lipinski definition) is 6. The average Bonchev–Trinajstić information content (AvgIpc) is 3.26. The van der Waals surface area contributed by atoms with Crippen molar-refractivity contribution in [3.8, 4) is 0 Å². The van der Waals surface area contributed by atoms with Crippen molar-refractivity contribution in [2.45, 2.75) is 69.4 Å². The Morgan fingerprint density at radius 2 is 1.71 bits per heavy atom. The number of nitro benzene ring substituents is 1. The quantitative estimate of drug-likeness (QED) is 0.302. The molecule has 3 N–H and O–H groups in total. The van der Waals surface area contributed by atoms with Gasteiger partial charge in [-0.25, -0.2) is 12.7 Å². The Balaban J connectivity index is 1.47. The van der Waals surface area contributed by atoms with Gasteiger partial charge in [-0.2, -0.15) is 0 Å². The molecule has 6 rings (SSSR count). The Morgan fingerprint density at radius 1 is 1.09 bits per heavy atom. The molecule has 0 spiro atoms. The maximum absolute atomic E-state index is 13.9. The summed E-state index contributed by atoms with van der Waals surface area (Å²) >= 11 is 0. The molecular formula is C23H30N4O6S. The van der Waals surface area contributed by atoms with Crippen LogP contribution in [0.1, 0.15) is 57.8 Å². The first kappa shape index (κ1) is 23.1. The van der Waals surface area contributed by atoms with Crippen LogP contribution in [0.2, 0.25) is 0 Å². The highest BCUT2D eigenvalue weighted by molar-refractivity contribution is 7.74. The summed E-state index contributed by atoms with van der Waals surface area (Å²) in [4.78, 5) is 37.2. The minimum atomic E-state index is -3.32. The average molecular weight is 491 g/mol. The van der Waals surface area contributed by atoms with Crippen molar-refractivity contribution >= 4 is 34.1 Å². The molecule has 0 aliphatic heterocycles. The van der Waals surface area contributed by atoms with Crippen LogP contribution in [-0.4, -0.2) is 36.7 Å². The van der Waals surface area contributed by atoms with Crippen LogP contribution in [0.5, 0.6) is 0 Å². The molecule has 2 amide bonds. The molecule has 5 aliphatic carbocycles. The number of anilines is 1. The van der Waals surface area contributed by atoms with E-state index in [0.29, 0.717) is 44.4 Å². The number of hydrogen-bond donors (Lipinski definition) is 3. The molecule has 5 aliphatic rings. The molecule has 0 aromatic heterocycles. The second kappa shape index (κ2) is 8.21. The minimum Gasteiger partial charge on any atom is -0.369 e. The summed E-state index contributed by atoms with van der Waals surface area (Å²) in [6.45, 7) is 0. The zero-order valence-electron chi connectivity index (χ0n) is 18.9. The zero-order chi connectivity index (χ0) is 24.3. The Bertz CT molecular complexity index is 1090. The molecule has 11 heteroatoms. The standard InChI is InChI=1S/C23H30N4O6S/c24-20(28)22-11-14-9-15(12-22)19(16(10-14)13-22)25-21(29)23(7-3-4-8-23)26(34(32)33)17-5-1-2-6-18(17)27(30)31/h1-2,5-6,14-16,19,34H,3-4,7-13H2,(H2,24,28)(H,25,29). The van der Waals surface area contributed by atoms with Gasteiger partial charge in [0.25, 0.3) is 5.69 Å². The van der Waals surface area contributed by atoms with Gasteiger partial charge in [0.2, 0.25) is 22.7 Å². The summed E-state index contributed by atoms with van der Waals surface area (Å²) in [6, 6.07) is 5.50. The Morgan fingerprint density at radius 3 is 2.26 bits per heavy atom. The highest BCUT2D eigenvalue weighted by atomic mass is 32.2. The van der Waals surface area contributed by atoms with Crippen molar-refractivity contribution in [2.75, 3.05) is 4.31 Å². The summed E-state index contributed by atoms with van der Waals surface area (Å²) in [6.07, 6.45) is 5.86. The largest absolute Gasteiger partial charge is 0.369 e. The van der Waals surface area contributed by atoms with E-state index < -0.39 is 32.7 Å². The van der Waals surface area contributed by atoms with Crippen LogP contribution in [-0.2, 0) is 20.5 Å². The Kier molecular flexibility index (Phi) is 5.57. The summed E-state index contributed by atoms with van der Waals surface area (Å²) in [5, 5.41) is 14.8. The van der Waals surface area contributed by atoms with Crippen molar-refractivity contribution in [3.05, 3.63) is 34.4 Å². The second-order valence-electron chi connectivity index (χ2n) is 10.6. The molecule has 4 bridgehead atoms. The highest BCUT2D eigenvalue weighted by Crippen LogP contribution is 2.60. The third-order valence-corrected chi connectivity index (χ3v) is 9.75. The van der Waals surface area contributed by atoms with Crippen LogP contribution >= 0.6 is 0 Å². The minimum absolute atomic E-state index is 0.0848. The predicted octanol–water partition coefficient (Wildman–Crippen LogP) is 2.04. The van der Waals surface area contributed by atoms with Gasteiger partial charge in [-0.1, -0.05) is 25.0 Å². The van der Waals surface area contributed by atoms with Gasteiger partial charge < -0.3 is 11.1 Å². The van der Waals surface area contributed by atoms with Crippen LogP contribution in [0, 0.1) is 33.3 Å². The van der Waals surface area contributed by atoms with Crippen LogP contribution in [0.25, 0.3) is 0 Å². The summed E-state index contributed by atoms with van der Waals surface area (Å²) in [5.74, 6) is 0.0318. The van der Waals surface area contributed by atoms with E-state index in [4.69, 9.17) is 5.73 Å². The SMILES string of the molecule is NC(=O)C12CC3CC(C1)C(NC(=O)C1(N(c4ccccc4[N+](=O)[O-])[SH](=O)=O)CCCC1)C(C3)C2. The number of nitrogens with two attached hydrogens (primary N) is 1. The monoisotopic (exact) mass is 490 g/mol. The van der Waals surface area contributed by atoms with Crippen LogP contribution in [0.15, 0.2) is 24.3 Å². The van der Waals surface area contributed by atoms with Crippen molar-refractivity contribution in [2.24, 2.45) is 28.9 Å². The number of nitrogens with one attached hydrogen (secondary N) is 1. The molecule has 5 fully saturated rings. The van der Waals surface area contributed by atoms with Crippen molar-refractivity contribution in [1.82, 2.24) is 5.32 Å². The lowest BCUT2D eigenvalue weighted by atomic mass is 9.47.